The van der Waals surface area contributed by atoms with Crippen LogP contribution >= 0.6 is 0 Å². The SMILES string of the molecule is COCCCNc1ncc(C(=O)NCC(C)C)cn1. The fraction of sp³-hybridized carbons (Fsp3) is 0.615. The molecule has 0 saturated carbocycles. The zero-order chi connectivity index (χ0) is 14.1. The van der Waals surface area contributed by atoms with Gasteiger partial charge in [0.1, 0.15) is 0 Å². The number of hydrogen-bond acceptors (Lipinski definition) is 5. The molecule has 0 bridgehead atoms. The van der Waals surface area contributed by atoms with E-state index in [0.29, 0.717) is 30.6 Å². The summed E-state index contributed by atoms with van der Waals surface area (Å²) in [7, 11) is 1.67. The highest BCUT2D eigenvalue weighted by Crippen LogP contribution is 2.01. The van der Waals surface area contributed by atoms with E-state index >= 15 is 0 Å². The Hall–Kier alpha value is -1.69. The number of aromatic nitrogens is 2. The monoisotopic (exact) mass is 266 g/mol. The molecule has 0 aliphatic rings. The first-order valence-electron chi connectivity index (χ1n) is 6.46. The fourth-order valence-electron chi connectivity index (χ4n) is 1.35. The molecule has 0 spiro atoms. The summed E-state index contributed by atoms with van der Waals surface area (Å²) in [6.45, 7) is 6.18. The fourth-order valence-corrected chi connectivity index (χ4v) is 1.35. The van der Waals surface area contributed by atoms with Crippen LogP contribution in [0.3, 0.4) is 0 Å². The van der Waals surface area contributed by atoms with Gasteiger partial charge in [0.15, 0.2) is 0 Å². The normalized spacial score (nSPS) is 10.5. The first kappa shape index (κ1) is 15.4. The second-order valence-corrected chi connectivity index (χ2v) is 4.67. The van der Waals surface area contributed by atoms with E-state index < -0.39 is 0 Å². The number of hydrogen-bond donors (Lipinski definition) is 2. The lowest BCUT2D eigenvalue weighted by atomic mass is 10.2. The van der Waals surface area contributed by atoms with E-state index in [-0.39, 0.29) is 5.91 Å². The molecule has 6 heteroatoms. The van der Waals surface area contributed by atoms with Gasteiger partial charge in [-0.05, 0) is 12.3 Å². The third kappa shape index (κ3) is 6.15. The quantitative estimate of drug-likeness (QED) is 0.694. The predicted octanol–water partition coefficient (Wildman–Crippen LogP) is 1.31. The maximum atomic E-state index is 11.7. The molecule has 0 aliphatic carbocycles. The molecule has 0 unspecified atom stereocenters. The van der Waals surface area contributed by atoms with Crippen LogP contribution in [0.2, 0.25) is 0 Å². The highest BCUT2D eigenvalue weighted by atomic mass is 16.5. The predicted molar refractivity (Wildman–Crippen MR) is 74.2 cm³/mol. The van der Waals surface area contributed by atoms with Crippen LogP contribution < -0.4 is 10.6 Å². The average molecular weight is 266 g/mol. The molecule has 0 radical (unpaired) electrons. The average Bonchev–Trinajstić information content (AvgIpc) is 2.41. The lowest BCUT2D eigenvalue weighted by Gasteiger charge is -2.08. The third-order valence-electron chi connectivity index (χ3n) is 2.39. The number of amides is 1. The van der Waals surface area contributed by atoms with Crippen LogP contribution in [0.1, 0.15) is 30.6 Å². The zero-order valence-corrected chi connectivity index (χ0v) is 11.8. The third-order valence-corrected chi connectivity index (χ3v) is 2.39. The Balaban J connectivity index is 2.40. The first-order valence-corrected chi connectivity index (χ1v) is 6.46. The molecule has 0 aliphatic heterocycles. The summed E-state index contributed by atoms with van der Waals surface area (Å²) < 4.78 is 4.94. The zero-order valence-electron chi connectivity index (χ0n) is 11.8. The molecule has 2 N–H and O–H groups in total. The van der Waals surface area contributed by atoms with Crippen molar-refractivity contribution in [3.05, 3.63) is 18.0 Å². The van der Waals surface area contributed by atoms with Crippen molar-refractivity contribution in [2.24, 2.45) is 5.92 Å². The molecule has 0 aromatic carbocycles. The van der Waals surface area contributed by atoms with Gasteiger partial charge < -0.3 is 15.4 Å². The second-order valence-electron chi connectivity index (χ2n) is 4.67. The van der Waals surface area contributed by atoms with Gasteiger partial charge in [0.25, 0.3) is 5.91 Å². The Kier molecular flexibility index (Phi) is 6.81. The van der Waals surface area contributed by atoms with E-state index in [1.807, 2.05) is 13.8 Å². The number of nitrogens with one attached hydrogen (secondary N) is 2. The van der Waals surface area contributed by atoms with Gasteiger partial charge in [-0.1, -0.05) is 13.8 Å². The molecular weight excluding hydrogens is 244 g/mol. The van der Waals surface area contributed by atoms with Crippen LogP contribution in [-0.4, -0.2) is 42.7 Å². The summed E-state index contributed by atoms with van der Waals surface area (Å²) in [5.41, 5.74) is 0.475. The summed E-state index contributed by atoms with van der Waals surface area (Å²) in [4.78, 5) is 19.9. The highest BCUT2D eigenvalue weighted by Gasteiger charge is 2.07. The summed E-state index contributed by atoms with van der Waals surface area (Å²) in [5, 5.41) is 5.88. The lowest BCUT2D eigenvalue weighted by Crippen LogP contribution is -2.27. The Morgan fingerprint density at radius 3 is 2.63 bits per heavy atom. The van der Waals surface area contributed by atoms with E-state index in [9.17, 15) is 4.79 Å². The Bertz CT molecular complexity index is 379. The minimum Gasteiger partial charge on any atom is -0.385 e. The lowest BCUT2D eigenvalue weighted by molar-refractivity contribution is 0.0948. The number of anilines is 1. The van der Waals surface area contributed by atoms with Gasteiger partial charge in [-0.3, -0.25) is 4.79 Å². The minimum atomic E-state index is -0.139. The first-order chi connectivity index (χ1) is 9.13. The molecular formula is C13H22N4O2. The van der Waals surface area contributed by atoms with Gasteiger partial charge in [0.05, 0.1) is 5.56 Å². The van der Waals surface area contributed by atoms with Gasteiger partial charge in [-0.2, -0.15) is 0 Å². The molecule has 6 nitrogen and oxygen atoms in total. The maximum absolute atomic E-state index is 11.7. The summed E-state index contributed by atoms with van der Waals surface area (Å²) in [5.74, 6) is 0.808. The topological polar surface area (TPSA) is 76.1 Å². The minimum absolute atomic E-state index is 0.139. The standard InChI is InChI=1S/C13H22N4O2/c1-10(2)7-15-12(18)11-8-16-13(17-9-11)14-5-4-6-19-3/h8-10H,4-7H2,1-3H3,(H,15,18)(H,14,16,17). The van der Waals surface area contributed by atoms with Crippen LogP contribution in [0.15, 0.2) is 12.4 Å². The molecule has 0 saturated heterocycles. The number of carbonyl (C=O) groups excluding carboxylic acids is 1. The number of ether oxygens (including phenoxy) is 1. The molecule has 0 atom stereocenters. The van der Waals surface area contributed by atoms with Crippen LogP contribution in [0.4, 0.5) is 5.95 Å². The van der Waals surface area contributed by atoms with E-state index in [4.69, 9.17) is 4.74 Å². The number of carbonyl (C=O) groups is 1. The Labute approximate surface area is 114 Å². The Morgan fingerprint density at radius 2 is 2.05 bits per heavy atom. The van der Waals surface area contributed by atoms with E-state index in [0.717, 1.165) is 13.0 Å². The van der Waals surface area contributed by atoms with E-state index in [1.54, 1.807) is 7.11 Å². The van der Waals surface area contributed by atoms with E-state index in [1.165, 1.54) is 12.4 Å². The molecule has 106 valence electrons. The largest absolute Gasteiger partial charge is 0.385 e. The van der Waals surface area contributed by atoms with Crippen molar-refractivity contribution in [1.29, 1.82) is 0 Å². The van der Waals surface area contributed by atoms with Gasteiger partial charge >= 0.3 is 0 Å². The van der Waals surface area contributed by atoms with Crippen molar-refractivity contribution < 1.29 is 9.53 Å². The van der Waals surface area contributed by atoms with Crippen molar-refractivity contribution >= 4 is 11.9 Å². The maximum Gasteiger partial charge on any atom is 0.254 e. The highest BCUT2D eigenvalue weighted by molar-refractivity contribution is 5.93. The summed E-state index contributed by atoms with van der Waals surface area (Å²) >= 11 is 0. The summed E-state index contributed by atoms with van der Waals surface area (Å²) in [6, 6.07) is 0. The number of methoxy groups -OCH3 is 1. The second kappa shape index (κ2) is 8.42. The Morgan fingerprint density at radius 1 is 1.37 bits per heavy atom. The molecule has 0 fully saturated rings. The van der Waals surface area contributed by atoms with Crippen LogP contribution in [0.25, 0.3) is 0 Å². The van der Waals surface area contributed by atoms with Crippen LogP contribution in [0.5, 0.6) is 0 Å². The number of rotatable bonds is 8. The van der Waals surface area contributed by atoms with Crippen LogP contribution in [0, 0.1) is 5.92 Å². The van der Waals surface area contributed by atoms with Gasteiger partial charge in [0, 0.05) is 39.2 Å². The van der Waals surface area contributed by atoms with Crippen molar-refractivity contribution in [2.45, 2.75) is 20.3 Å². The van der Waals surface area contributed by atoms with Gasteiger partial charge in [0.2, 0.25) is 5.95 Å². The molecule has 1 aromatic heterocycles. The van der Waals surface area contributed by atoms with E-state index in [2.05, 4.69) is 20.6 Å². The van der Waals surface area contributed by atoms with Crippen LogP contribution in [-0.2, 0) is 4.74 Å². The van der Waals surface area contributed by atoms with Gasteiger partial charge in [-0.25, -0.2) is 9.97 Å². The van der Waals surface area contributed by atoms with Crippen molar-refractivity contribution in [1.82, 2.24) is 15.3 Å². The molecule has 1 aromatic rings. The molecule has 1 heterocycles. The molecule has 1 amide bonds. The number of nitrogens with zero attached hydrogens (tertiary/aromatic N) is 2. The van der Waals surface area contributed by atoms with Gasteiger partial charge in [-0.15, -0.1) is 0 Å². The summed E-state index contributed by atoms with van der Waals surface area (Å²) in [6.07, 6.45) is 3.94. The molecule has 1 rings (SSSR count). The van der Waals surface area contributed by atoms with Crippen molar-refractivity contribution in [3.8, 4) is 0 Å². The van der Waals surface area contributed by atoms with Crippen molar-refractivity contribution in [3.63, 3.8) is 0 Å². The molecule has 19 heavy (non-hydrogen) atoms. The van der Waals surface area contributed by atoms with Crippen molar-refractivity contribution in [2.75, 3.05) is 32.1 Å². The smallest absolute Gasteiger partial charge is 0.254 e.